The average molecular weight is 238 g/mol. The first kappa shape index (κ1) is 12.9. The van der Waals surface area contributed by atoms with Crippen LogP contribution in [-0.2, 0) is 4.79 Å². The molecule has 0 radical (unpaired) electrons. The zero-order valence-corrected chi connectivity index (χ0v) is 11.0. The smallest absolute Gasteiger partial charge is 0.220 e. The molecule has 98 valence electrons. The summed E-state index contributed by atoms with van der Waals surface area (Å²) in [4.78, 5) is 11.8. The summed E-state index contributed by atoms with van der Waals surface area (Å²) in [5.41, 5.74) is 0. The Morgan fingerprint density at radius 2 is 2.12 bits per heavy atom. The van der Waals surface area contributed by atoms with Crippen molar-refractivity contribution in [2.45, 2.75) is 45.4 Å². The molecule has 1 amide bonds. The van der Waals surface area contributed by atoms with Crippen molar-refractivity contribution >= 4 is 5.91 Å². The van der Waals surface area contributed by atoms with Crippen LogP contribution in [0.25, 0.3) is 0 Å². The lowest BCUT2D eigenvalue weighted by Gasteiger charge is -2.28. The second-order valence-corrected chi connectivity index (χ2v) is 5.89. The Bertz CT molecular complexity index is 249. The fourth-order valence-corrected chi connectivity index (χ4v) is 3.16. The monoisotopic (exact) mass is 238 g/mol. The van der Waals surface area contributed by atoms with Gasteiger partial charge in [-0.3, -0.25) is 4.79 Å². The highest BCUT2D eigenvalue weighted by Crippen LogP contribution is 2.28. The fourth-order valence-electron chi connectivity index (χ4n) is 3.16. The number of carbonyl (C=O) groups is 1. The summed E-state index contributed by atoms with van der Waals surface area (Å²) >= 11 is 0. The summed E-state index contributed by atoms with van der Waals surface area (Å²) in [5.74, 6) is 2.34. The van der Waals surface area contributed by atoms with Gasteiger partial charge in [0.05, 0.1) is 0 Å². The van der Waals surface area contributed by atoms with Gasteiger partial charge < -0.3 is 10.6 Å². The number of amides is 1. The normalized spacial score (nSPS) is 33.6. The van der Waals surface area contributed by atoms with E-state index >= 15 is 0 Å². The largest absolute Gasteiger partial charge is 0.356 e. The van der Waals surface area contributed by atoms with E-state index in [1.54, 1.807) is 0 Å². The molecule has 17 heavy (non-hydrogen) atoms. The molecule has 1 saturated heterocycles. The molecule has 0 aromatic heterocycles. The molecule has 0 aromatic rings. The van der Waals surface area contributed by atoms with Crippen LogP contribution < -0.4 is 10.6 Å². The summed E-state index contributed by atoms with van der Waals surface area (Å²) in [6.45, 7) is 5.34. The molecule has 0 spiro atoms. The quantitative estimate of drug-likeness (QED) is 0.786. The van der Waals surface area contributed by atoms with Gasteiger partial charge in [-0.25, -0.2) is 0 Å². The highest BCUT2D eigenvalue weighted by Gasteiger charge is 2.22. The lowest BCUT2D eigenvalue weighted by molar-refractivity contribution is -0.122. The van der Waals surface area contributed by atoms with Crippen LogP contribution in [-0.4, -0.2) is 25.5 Å². The first-order valence-electron chi connectivity index (χ1n) is 7.23. The first-order chi connectivity index (χ1) is 8.25. The molecule has 3 unspecified atom stereocenters. The summed E-state index contributed by atoms with van der Waals surface area (Å²) in [5, 5.41) is 6.45. The molecule has 3 nitrogen and oxygen atoms in total. The lowest BCUT2D eigenvalue weighted by Crippen LogP contribution is -2.34. The van der Waals surface area contributed by atoms with E-state index in [2.05, 4.69) is 17.6 Å². The van der Waals surface area contributed by atoms with E-state index < -0.39 is 0 Å². The zero-order valence-electron chi connectivity index (χ0n) is 11.0. The van der Waals surface area contributed by atoms with Crippen LogP contribution in [0.15, 0.2) is 0 Å². The second kappa shape index (κ2) is 6.39. The van der Waals surface area contributed by atoms with Gasteiger partial charge in [0.2, 0.25) is 5.91 Å². The Labute approximate surface area is 105 Å². The standard InChI is InChI=1S/C14H26N2O/c1-11-4-2-3-5-13(11)10-16-14(17)8-12-6-7-15-9-12/h11-13,15H,2-10H2,1H3,(H,16,17). The van der Waals surface area contributed by atoms with Crippen molar-refractivity contribution in [3.8, 4) is 0 Å². The molecular formula is C14H26N2O. The van der Waals surface area contributed by atoms with Crippen LogP contribution in [0.2, 0.25) is 0 Å². The van der Waals surface area contributed by atoms with E-state index in [0.717, 1.165) is 37.9 Å². The molecule has 0 aromatic carbocycles. The average Bonchev–Trinajstić information content (AvgIpc) is 2.81. The van der Waals surface area contributed by atoms with Gasteiger partial charge in [-0.15, -0.1) is 0 Å². The molecule has 2 N–H and O–H groups in total. The molecule has 0 bridgehead atoms. The van der Waals surface area contributed by atoms with E-state index in [0.29, 0.717) is 12.3 Å². The Balaban J connectivity index is 1.64. The minimum atomic E-state index is 0.261. The van der Waals surface area contributed by atoms with E-state index in [1.807, 2.05) is 0 Å². The highest BCUT2D eigenvalue weighted by molar-refractivity contribution is 5.76. The second-order valence-electron chi connectivity index (χ2n) is 5.89. The molecule has 3 heteroatoms. The fraction of sp³-hybridized carbons (Fsp3) is 0.929. The number of rotatable bonds is 4. The molecule has 3 atom stereocenters. The summed E-state index contributed by atoms with van der Waals surface area (Å²) in [6, 6.07) is 0. The molecule has 2 rings (SSSR count). The van der Waals surface area contributed by atoms with Crippen LogP contribution in [0, 0.1) is 17.8 Å². The van der Waals surface area contributed by atoms with Crippen molar-refractivity contribution in [2.75, 3.05) is 19.6 Å². The predicted molar refractivity (Wildman–Crippen MR) is 69.7 cm³/mol. The van der Waals surface area contributed by atoms with Gasteiger partial charge in [-0.05, 0) is 43.7 Å². The van der Waals surface area contributed by atoms with Gasteiger partial charge in [0.15, 0.2) is 0 Å². The van der Waals surface area contributed by atoms with Crippen LogP contribution in [0.4, 0.5) is 0 Å². The molecule has 2 fully saturated rings. The van der Waals surface area contributed by atoms with Gasteiger partial charge in [-0.2, -0.15) is 0 Å². The van der Waals surface area contributed by atoms with Crippen LogP contribution >= 0.6 is 0 Å². The first-order valence-corrected chi connectivity index (χ1v) is 7.23. The summed E-state index contributed by atoms with van der Waals surface area (Å²) < 4.78 is 0. The third kappa shape index (κ3) is 3.98. The maximum absolute atomic E-state index is 11.8. The highest BCUT2D eigenvalue weighted by atomic mass is 16.1. The maximum atomic E-state index is 11.8. The van der Waals surface area contributed by atoms with Gasteiger partial charge in [0.25, 0.3) is 0 Å². The van der Waals surface area contributed by atoms with Crippen molar-refractivity contribution in [3.63, 3.8) is 0 Å². The van der Waals surface area contributed by atoms with E-state index in [9.17, 15) is 4.79 Å². The third-order valence-corrected chi connectivity index (χ3v) is 4.49. The maximum Gasteiger partial charge on any atom is 0.220 e. The molecule has 1 aliphatic carbocycles. The van der Waals surface area contributed by atoms with Crippen molar-refractivity contribution in [1.29, 1.82) is 0 Å². The molecule has 1 saturated carbocycles. The predicted octanol–water partition coefficient (Wildman–Crippen LogP) is 1.93. The van der Waals surface area contributed by atoms with Gasteiger partial charge in [-0.1, -0.05) is 26.2 Å². The third-order valence-electron chi connectivity index (χ3n) is 4.49. The number of hydrogen-bond acceptors (Lipinski definition) is 2. The summed E-state index contributed by atoms with van der Waals surface area (Å²) in [7, 11) is 0. The van der Waals surface area contributed by atoms with Crippen molar-refractivity contribution < 1.29 is 4.79 Å². The molecular weight excluding hydrogens is 212 g/mol. The summed E-state index contributed by atoms with van der Waals surface area (Å²) in [6.07, 6.45) is 7.23. The van der Waals surface area contributed by atoms with Crippen LogP contribution in [0.1, 0.15) is 45.4 Å². The van der Waals surface area contributed by atoms with Crippen LogP contribution in [0.5, 0.6) is 0 Å². The zero-order chi connectivity index (χ0) is 12.1. The van der Waals surface area contributed by atoms with Crippen molar-refractivity contribution in [3.05, 3.63) is 0 Å². The Morgan fingerprint density at radius 3 is 2.82 bits per heavy atom. The van der Waals surface area contributed by atoms with Crippen molar-refractivity contribution in [2.24, 2.45) is 17.8 Å². The lowest BCUT2D eigenvalue weighted by atomic mass is 9.80. The molecule has 1 aliphatic heterocycles. The van der Waals surface area contributed by atoms with E-state index in [-0.39, 0.29) is 5.91 Å². The Morgan fingerprint density at radius 1 is 1.29 bits per heavy atom. The minimum Gasteiger partial charge on any atom is -0.356 e. The van der Waals surface area contributed by atoms with Crippen LogP contribution in [0.3, 0.4) is 0 Å². The topological polar surface area (TPSA) is 41.1 Å². The number of hydrogen-bond donors (Lipinski definition) is 2. The number of nitrogens with one attached hydrogen (secondary N) is 2. The van der Waals surface area contributed by atoms with E-state index in [4.69, 9.17) is 0 Å². The molecule has 2 aliphatic rings. The molecule has 1 heterocycles. The van der Waals surface area contributed by atoms with E-state index in [1.165, 1.54) is 25.7 Å². The Hall–Kier alpha value is -0.570. The van der Waals surface area contributed by atoms with Gasteiger partial charge in [0.1, 0.15) is 0 Å². The SMILES string of the molecule is CC1CCCCC1CNC(=O)CC1CCNC1. The number of carbonyl (C=O) groups excluding carboxylic acids is 1. The minimum absolute atomic E-state index is 0.261. The van der Waals surface area contributed by atoms with Crippen molar-refractivity contribution in [1.82, 2.24) is 10.6 Å². The van der Waals surface area contributed by atoms with Gasteiger partial charge >= 0.3 is 0 Å². The Kier molecular flexibility index (Phi) is 4.84. The van der Waals surface area contributed by atoms with Gasteiger partial charge in [0, 0.05) is 13.0 Å².